The molecule has 0 aromatic rings. The van der Waals surface area contributed by atoms with Crippen molar-refractivity contribution in [1.29, 1.82) is 0 Å². The van der Waals surface area contributed by atoms with Crippen LogP contribution in [0.5, 0.6) is 0 Å². The predicted octanol–water partition coefficient (Wildman–Crippen LogP) is 19.5. The minimum absolute atomic E-state index is 0.0166. The number of likely N-dealkylation sites (N-methyl/N-ethyl adjacent to an activating group) is 1. The Kier molecular flexibility index (Phi) is 54.5. The molecule has 2 atom stereocenters. The zero-order valence-electron chi connectivity index (χ0n) is 50.1. The van der Waals surface area contributed by atoms with Crippen molar-refractivity contribution in [3.8, 4) is 0 Å². The van der Waals surface area contributed by atoms with Gasteiger partial charge in [0.25, 0.3) is 0 Å². The quantitative estimate of drug-likeness (QED) is 0.0211. The van der Waals surface area contributed by atoms with Gasteiger partial charge in [0.05, 0.1) is 27.7 Å². The first-order chi connectivity index (χ1) is 38.0. The Morgan fingerprint density at radius 1 is 0.397 bits per heavy atom. The number of phosphoric acid groups is 1. The van der Waals surface area contributed by atoms with Crippen molar-refractivity contribution in [2.24, 2.45) is 0 Å². The summed E-state index contributed by atoms with van der Waals surface area (Å²) in [6.07, 6.45) is 84.9. The summed E-state index contributed by atoms with van der Waals surface area (Å²) in [4.78, 5) is 35.8. The fourth-order valence-electron chi connectivity index (χ4n) is 7.73. The van der Waals surface area contributed by atoms with Gasteiger partial charge in [-0.2, -0.15) is 0 Å². The second-order valence-corrected chi connectivity index (χ2v) is 22.4. The van der Waals surface area contributed by atoms with Gasteiger partial charge in [-0.1, -0.05) is 237 Å². The third kappa shape index (κ3) is 61.1. The standard InChI is InChI=1S/C68H112NO8P/c1-6-8-10-12-14-16-18-20-22-24-26-28-30-32-33-34-35-37-38-40-42-44-46-48-50-52-54-56-58-60-67(70)74-64-66(65-76-78(72,73)75-63-62-69(3,4)5)77-68(71)61-59-57-55-53-51-49-47-45-43-41-39-36-31-29-27-25-23-21-19-17-15-13-11-9-7-2/h8-11,14-17,20-23,26-29,32-33,36,39,43,45,49,51,66H,6-7,12-13,18-19,24-25,30-31,34-35,37-38,40-42,44,46-48,50,52-65H2,1-5H3/p+1/b10-8-,11-9-,16-14-,17-15-,22-20-,23-21-,28-26-,29-27-,33-32-,39-36-,45-43-,51-49-. The summed E-state index contributed by atoms with van der Waals surface area (Å²) >= 11 is 0. The van der Waals surface area contributed by atoms with Gasteiger partial charge >= 0.3 is 19.8 Å². The van der Waals surface area contributed by atoms with Crippen LogP contribution in [0.25, 0.3) is 0 Å². The Hall–Kier alpha value is -4.11. The highest BCUT2D eigenvalue weighted by Crippen LogP contribution is 2.43. The minimum Gasteiger partial charge on any atom is -0.462 e. The molecule has 0 radical (unpaired) electrons. The predicted molar refractivity (Wildman–Crippen MR) is 334 cm³/mol. The number of nitrogens with zero attached hydrogens (tertiary/aromatic N) is 1. The number of phosphoric ester groups is 1. The molecule has 0 bridgehead atoms. The molecular formula is C68H113NO8P+. The summed E-state index contributed by atoms with van der Waals surface area (Å²) in [5.74, 6) is -0.846. The summed E-state index contributed by atoms with van der Waals surface area (Å²) in [5, 5.41) is 0. The Balaban J connectivity index is 4.23. The number of hydrogen-bond acceptors (Lipinski definition) is 7. The highest BCUT2D eigenvalue weighted by molar-refractivity contribution is 7.47. The Morgan fingerprint density at radius 3 is 1.04 bits per heavy atom. The maximum Gasteiger partial charge on any atom is 0.472 e. The van der Waals surface area contributed by atoms with Crippen LogP contribution in [0.2, 0.25) is 0 Å². The Bertz CT molecular complexity index is 1820. The van der Waals surface area contributed by atoms with E-state index < -0.39 is 26.5 Å². The molecule has 0 saturated carbocycles. The number of ether oxygens (including phenoxy) is 2. The van der Waals surface area contributed by atoms with E-state index in [2.05, 4.69) is 160 Å². The van der Waals surface area contributed by atoms with Crippen molar-refractivity contribution < 1.29 is 42.1 Å². The molecule has 9 nitrogen and oxygen atoms in total. The first kappa shape index (κ1) is 73.9. The van der Waals surface area contributed by atoms with Crippen LogP contribution in [-0.4, -0.2) is 74.9 Å². The maximum absolute atomic E-state index is 12.8. The van der Waals surface area contributed by atoms with Crippen LogP contribution in [0, 0.1) is 0 Å². The lowest BCUT2D eigenvalue weighted by Gasteiger charge is -2.24. The number of carbonyl (C=O) groups is 2. The van der Waals surface area contributed by atoms with Gasteiger partial charge in [-0.25, -0.2) is 4.57 Å². The molecule has 0 heterocycles. The topological polar surface area (TPSA) is 108 Å². The van der Waals surface area contributed by atoms with E-state index in [1.54, 1.807) is 0 Å². The van der Waals surface area contributed by atoms with Crippen molar-refractivity contribution in [2.45, 2.75) is 225 Å². The average molecular weight is 1100 g/mol. The first-order valence-electron chi connectivity index (χ1n) is 30.6. The summed E-state index contributed by atoms with van der Waals surface area (Å²) in [6.45, 7) is 4.15. The molecule has 78 heavy (non-hydrogen) atoms. The highest BCUT2D eigenvalue weighted by Gasteiger charge is 2.27. The molecule has 1 N–H and O–H groups in total. The van der Waals surface area contributed by atoms with E-state index in [1.165, 1.54) is 70.6 Å². The molecule has 0 fully saturated rings. The van der Waals surface area contributed by atoms with Crippen LogP contribution in [0.4, 0.5) is 0 Å². The number of hydrogen-bond donors (Lipinski definition) is 1. The molecule has 0 saturated heterocycles. The van der Waals surface area contributed by atoms with Crippen molar-refractivity contribution in [1.82, 2.24) is 0 Å². The molecule has 0 aromatic heterocycles. The van der Waals surface area contributed by atoms with Crippen LogP contribution < -0.4 is 0 Å². The van der Waals surface area contributed by atoms with Gasteiger partial charge in [-0.15, -0.1) is 0 Å². The van der Waals surface area contributed by atoms with E-state index in [1.807, 2.05) is 21.1 Å². The van der Waals surface area contributed by atoms with E-state index in [4.69, 9.17) is 18.5 Å². The smallest absolute Gasteiger partial charge is 0.462 e. The van der Waals surface area contributed by atoms with Crippen LogP contribution >= 0.6 is 7.82 Å². The number of quaternary nitrogens is 1. The molecule has 2 unspecified atom stereocenters. The van der Waals surface area contributed by atoms with Crippen LogP contribution in [0.1, 0.15) is 219 Å². The molecule has 0 aliphatic rings. The van der Waals surface area contributed by atoms with E-state index in [9.17, 15) is 19.0 Å². The van der Waals surface area contributed by atoms with E-state index in [0.29, 0.717) is 17.4 Å². The lowest BCUT2D eigenvalue weighted by molar-refractivity contribution is -0.870. The van der Waals surface area contributed by atoms with Gasteiger partial charge in [-0.3, -0.25) is 18.6 Å². The molecule has 442 valence electrons. The van der Waals surface area contributed by atoms with Crippen LogP contribution in [0.15, 0.2) is 146 Å². The van der Waals surface area contributed by atoms with E-state index in [0.717, 1.165) is 116 Å². The molecule has 0 rings (SSSR count). The molecule has 0 aromatic carbocycles. The summed E-state index contributed by atoms with van der Waals surface area (Å²) in [5.41, 5.74) is 0. The largest absolute Gasteiger partial charge is 0.472 e. The second kappa shape index (κ2) is 57.6. The third-order valence-corrected chi connectivity index (χ3v) is 13.3. The summed E-state index contributed by atoms with van der Waals surface area (Å²) < 4.78 is 34.6. The lowest BCUT2D eigenvalue weighted by Crippen LogP contribution is -2.37. The highest BCUT2D eigenvalue weighted by atomic mass is 31.2. The van der Waals surface area contributed by atoms with Crippen LogP contribution in [0.3, 0.4) is 0 Å². The van der Waals surface area contributed by atoms with Gasteiger partial charge in [0.2, 0.25) is 0 Å². The first-order valence-corrected chi connectivity index (χ1v) is 32.1. The molecular weight excluding hydrogens is 990 g/mol. The van der Waals surface area contributed by atoms with E-state index >= 15 is 0 Å². The number of allylic oxidation sites excluding steroid dienone is 24. The number of rotatable bonds is 54. The molecule has 0 aliphatic carbocycles. The zero-order chi connectivity index (χ0) is 57.0. The Labute approximate surface area is 478 Å². The fraction of sp³-hybridized carbons (Fsp3) is 0.618. The molecule has 0 aliphatic heterocycles. The monoisotopic (exact) mass is 1100 g/mol. The van der Waals surface area contributed by atoms with E-state index in [-0.39, 0.29) is 32.0 Å². The van der Waals surface area contributed by atoms with Gasteiger partial charge in [-0.05, 0) is 116 Å². The Morgan fingerprint density at radius 2 is 0.692 bits per heavy atom. The molecule has 10 heteroatoms. The number of unbranched alkanes of at least 4 members (excludes halogenated alkanes) is 16. The van der Waals surface area contributed by atoms with Gasteiger partial charge in [0.1, 0.15) is 19.8 Å². The average Bonchev–Trinajstić information content (AvgIpc) is 3.40. The third-order valence-electron chi connectivity index (χ3n) is 12.4. The zero-order valence-corrected chi connectivity index (χ0v) is 51.0. The number of esters is 2. The summed E-state index contributed by atoms with van der Waals surface area (Å²) in [7, 11) is 1.43. The SMILES string of the molecule is CC/C=C\C/C=C\C/C=C\C/C=C\C/C=C\C/C=C\C/C=C\CCCCCC(=O)OC(COC(=O)CCCCCCCCCCCCCCC/C=C\C/C=C\C/C=C\C/C=C\C/C=C\CC)COP(=O)(O)OCC[N+](C)(C)C. The molecule has 0 spiro atoms. The molecule has 0 amide bonds. The van der Waals surface area contributed by atoms with Gasteiger partial charge in [0.15, 0.2) is 6.10 Å². The van der Waals surface area contributed by atoms with Crippen molar-refractivity contribution >= 4 is 19.8 Å². The van der Waals surface area contributed by atoms with Crippen LogP contribution in [-0.2, 0) is 32.7 Å². The second-order valence-electron chi connectivity index (χ2n) is 21.0. The summed E-state index contributed by atoms with van der Waals surface area (Å²) in [6, 6.07) is 0. The van der Waals surface area contributed by atoms with Crippen molar-refractivity contribution in [3.63, 3.8) is 0 Å². The van der Waals surface area contributed by atoms with Crippen molar-refractivity contribution in [2.75, 3.05) is 47.5 Å². The van der Waals surface area contributed by atoms with Gasteiger partial charge in [0, 0.05) is 12.8 Å². The fourth-order valence-corrected chi connectivity index (χ4v) is 8.47. The normalized spacial score (nSPS) is 14.3. The maximum atomic E-state index is 12.8. The number of carbonyl (C=O) groups excluding carboxylic acids is 2. The minimum atomic E-state index is -4.41. The lowest BCUT2D eigenvalue weighted by atomic mass is 10.0. The van der Waals surface area contributed by atoms with Gasteiger partial charge < -0.3 is 18.9 Å². The van der Waals surface area contributed by atoms with Crippen molar-refractivity contribution in [3.05, 3.63) is 146 Å².